The lowest BCUT2D eigenvalue weighted by molar-refractivity contribution is -0.113. The molecule has 8 nitrogen and oxygen atoms in total. The largest absolute Gasteiger partial charge is 0.497 e. The molecule has 3 aromatic carbocycles. The molecule has 0 aliphatic carbocycles. The van der Waals surface area contributed by atoms with Crippen LogP contribution in [0.1, 0.15) is 24.1 Å². The first-order valence-corrected chi connectivity index (χ1v) is 13.5. The first kappa shape index (κ1) is 25.3. The van der Waals surface area contributed by atoms with Crippen molar-refractivity contribution in [2.24, 2.45) is 4.99 Å². The van der Waals surface area contributed by atoms with Gasteiger partial charge in [-0.1, -0.05) is 72.0 Å². The minimum absolute atomic E-state index is 0.234. The number of methoxy groups -OCH3 is 1. The number of nitrogens with zero attached hydrogens (tertiary/aromatic N) is 3. The Bertz CT molecular complexity index is 1900. The van der Waals surface area contributed by atoms with E-state index in [1.807, 2.05) is 91.0 Å². The van der Waals surface area contributed by atoms with E-state index in [0.29, 0.717) is 32.0 Å². The van der Waals surface area contributed by atoms with Gasteiger partial charge in [-0.05, 0) is 42.8 Å². The molecule has 1 atom stereocenters. The summed E-state index contributed by atoms with van der Waals surface area (Å²) in [4.78, 5) is 32.9. The van der Waals surface area contributed by atoms with Crippen molar-refractivity contribution in [3.63, 3.8) is 0 Å². The van der Waals surface area contributed by atoms with E-state index in [2.05, 4.69) is 15.5 Å². The predicted molar refractivity (Wildman–Crippen MR) is 156 cm³/mol. The minimum Gasteiger partial charge on any atom is -0.497 e. The molecular formula is C31H25N5O3S. The van der Waals surface area contributed by atoms with Crippen LogP contribution < -0.4 is 24.9 Å². The van der Waals surface area contributed by atoms with E-state index in [-0.39, 0.29) is 11.5 Å². The lowest BCUT2D eigenvalue weighted by Crippen LogP contribution is -2.40. The highest BCUT2D eigenvalue weighted by atomic mass is 32.1. The SMILES string of the molecule is COc1ccc([C@@H]2C(C(=O)Nc3ccccc3)=C(C)N=c3s/c(=C/c4cn[nH]c4-c4ccccc4)c(=O)n32)cc1. The normalized spacial score (nSPS) is 14.9. The molecular weight excluding hydrogens is 522 g/mol. The van der Waals surface area contributed by atoms with E-state index < -0.39 is 6.04 Å². The van der Waals surface area contributed by atoms with E-state index in [9.17, 15) is 9.59 Å². The molecule has 9 heteroatoms. The number of carbonyl (C=O) groups is 1. The Morgan fingerprint density at radius 2 is 1.73 bits per heavy atom. The number of aromatic amines is 1. The molecule has 2 aromatic heterocycles. The van der Waals surface area contributed by atoms with Crippen molar-refractivity contribution in [2.45, 2.75) is 13.0 Å². The Labute approximate surface area is 233 Å². The molecule has 0 unspecified atom stereocenters. The van der Waals surface area contributed by atoms with Gasteiger partial charge in [0.05, 0.1) is 40.8 Å². The van der Waals surface area contributed by atoms with Crippen molar-refractivity contribution in [2.75, 3.05) is 12.4 Å². The van der Waals surface area contributed by atoms with Crippen LogP contribution in [-0.4, -0.2) is 27.8 Å². The van der Waals surface area contributed by atoms with Crippen molar-refractivity contribution in [3.05, 3.63) is 133 Å². The van der Waals surface area contributed by atoms with Crippen LogP contribution >= 0.6 is 11.3 Å². The zero-order chi connectivity index (χ0) is 27.6. The Balaban J connectivity index is 1.50. The van der Waals surface area contributed by atoms with Gasteiger partial charge in [0.1, 0.15) is 5.75 Å². The van der Waals surface area contributed by atoms with Gasteiger partial charge in [-0.3, -0.25) is 19.3 Å². The van der Waals surface area contributed by atoms with Crippen molar-refractivity contribution >= 4 is 29.0 Å². The molecule has 0 spiro atoms. The molecule has 0 radical (unpaired) electrons. The Morgan fingerprint density at radius 1 is 1.02 bits per heavy atom. The molecule has 1 aliphatic heterocycles. The third-order valence-electron chi connectivity index (χ3n) is 6.75. The summed E-state index contributed by atoms with van der Waals surface area (Å²) in [6.45, 7) is 1.80. The molecule has 198 valence electrons. The van der Waals surface area contributed by atoms with Crippen LogP contribution in [0.3, 0.4) is 0 Å². The highest BCUT2D eigenvalue weighted by Crippen LogP contribution is 2.32. The second-order valence-corrected chi connectivity index (χ2v) is 10.3. The smallest absolute Gasteiger partial charge is 0.271 e. The fraction of sp³-hybridized carbons (Fsp3) is 0.0968. The number of H-pyrrole nitrogens is 1. The zero-order valence-corrected chi connectivity index (χ0v) is 22.6. The number of allylic oxidation sites excluding steroid dienone is 1. The number of aromatic nitrogens is 3. The quantitative estimate of drug-likeness (QED) is 0.332. The van der Waals surface area contributed by atoms with Gasteiger partial charge in [-0.25, -0.2) is 4.99 Å². The Morgan fingerprint density at radius 3 is 2.42 bits per heavy atom. The summed E-state index contributed by atoms with van der Waals surface area (Å²) >= 11 is 1.29. The van der Waals surface area contributed by atoms with Crippen LogP contribution in [-0.2, 0) is 4.79 Å². The average Bonchev–Trinajstić information content (AvgIpc) is 3.57. The van der Waals surface area contributed by atoms with Gasteiger partial charge in [-0.15, -0.1) is 0 Å². The topological polar surface area (TPSA) is 101 Å². The summed E-state index contributed by atoms with van der Waals surface area (Å²) in [5, 5.41) is 10.2. The maximum absolute atomic E-state index is 14.0. The fourth-order valence-corrected chi connectivity index (χ4v) is 5.85. The summed E-state index contributed by atoms with van der Waals surface area (Å²) in [6.07, 6.45) is 3.52. The first-order valence-electron chi connectivity index (χ1n) is 12.6. The number of para-hydroxylation sites is 1. The van der Waals surface area contributed by atoms with E-state index >= 15 is 0 Å². The monoisotopic (exact) mass is 547 g/mol. The summed E-state index contributed by atoms with van der Waals surface area (Å²) in [5.74, 6) is 0.365. The van der Waals surface area contributed by atoms with Gasteiger partial charge in [-0.2, -0.15) is 5.10 Å². The number of benzene rings is 3. The molecule has 1 aliphatic rings. The second-order valence-electron chi connectivity index (χ2n) is 9.24. The number of thiazole rings is 1. The number of hydrogen-bond donors (Lipinski definition) is 2. The van der Waals surface area contributed by atoms with E-state index in [4.69, 9.17) is 9.73 Å². The number of fused-ring (bicyclic) bond motifs is 1. The van der Waals surface area contributed by atoms with Gasteiger partial charge in [0, 0.05) is 16.8 Å². The maximum Gasteiger partial charge on any atom is 0.271 e. The lowest BCUT2D eigenvalue weighted by Gasteiger charge is -2.25. The Hall–Kier alpha value is -5.02. The predicted octanol–water partition coefficient (Wildman–Crippen LogP) is 4.27. The van der Waals surface area contributed by atoms with Crippen LogP contribution in [0.25, 0.3) is 17.3 Å². The highest BCUT2D eigenvalue weighted by Gasteiger charge is 2.32. The summed E-state index contributed by atoms with van der Waals surface area (Å²) in [7, 11) is 1.60. The van der Waals surface area contributed by atoms with E-state index in [1.165, 1.54) is 11.3 Å². The first-order chi connectivity index (χ1) is 19.5. The summed E-state index contributed by atoms with van der Waals surface area (Å²) in [6, 6.07) is 25.8. The number of amides is 1. The molecule has 40 heavy (non-hydrogen) atoms. The molecule has 0 saturated carbocycles. The summed E-state index contributed by atoms with van der Waals surface area (Å²) < 4.78 is 7.44. The van der Waals surface area contributed by atoms with Gasteiger partial charge < -0.3 is 10.1 Å². The molecule has 1 amide bonds. The molecule has 0 saturated heterocycles. The van der Waals surface area contributed by atoms with E-state index in [1.54, 1.807) is 24.8 Å². The van der Waals surface area contributed by atoms with Crippen molar-refractivity contribution in [3.8, 4) is 17.0 Å². The van der Waals surface area contributed by atoms with E-state index in [0.717, 1.165) is 22.4 Å². The van der Waals surface area contributed by atoms with Gasteiger partial charge in [0.2, 0.25) is 0 Å². The molecule has 0 bridgehead atoms. The van der Waals surface area contributed by atoms with Gasteiger partial charge in [0.25, 0.3) is 11.5 Å². The van der Waals surface area contributed by atoms with Crippen LogP contribution in [0.15, 0.2) is 112 Å². The van der Waals surface area contributed by atoms with Crippen LogP contribution in [0, 0.1) is 0 Å². The third-order valence-corrected chi connectivity index (χ3v) is 7.73. The number of anilines is 1. The average molecular weight is 548 g/mol. The minimum atomic E-state index is -0.675. The van der Waals surface area contributed by atoms with Crippen molar-refractivity contribution in [1.82, 2.24) is 14.8 Å². The van der Waals surface area contributed by atoms with Crippen molar-refractivity contribution in [1.29, 1.82) is 0 Å². The lowest BCUT2D eigenvalue weighted by atomic mass is 9.95. The third kappa shape index (κ3) is 4.67. The van der Waals surface area contributed by atoms with Crippen molar-refractivity contribution < 1.29 is 9.53 Å². The standard InChI is InChI=1S/C31H25N5O3S/c1-19-26(29(37)34-23-11-7-4-8-12-23)28(21-13-15-24(39-2)16-14-21)36-30(38)25(40-31(36)33-19)17-22-18-32-35-27(22)20-9-5-3-6-10-20/h3-18,28H,1-2H3,(H,32,35)(H,34,37)/b25-17+/t28-/m1/s1. The number of nitrogens with one attached hydrogen (secondary N) is 2. The van der Waals surface area contributed by atoms with Crippen LogP contribution in [0.2, 0.25) is 0 Å². The number of carbonyl (C=O) groups excluding carboxylic acids is 1. The number of hydrogen-bond acceptors (Lipinski definition) is 6. The molecule has 3 heterocycles. The highest BCUT2D eigenvalue weighted by molar-refractivity contribution is 7.07. The number of rotatable bonds is 6. The zero-order valence-electron chi connectivity index (χ0n) is 21.8. The molecule has 6 rings (SSSR count). The fourth-order valence-electron chi connectivity index (χ4n) is 4.82. The van der Waals surface area contributed by atoms with Crippen LogP contribution in [0.4, 0.5) is 5.69 Å². The van der Waals surface area contributed by atoms with Crippen LogP contribution in [0.5, 0.6) is 5.75 Å². The maximum atomic E-state index is 14.0. The molecule has 0 fully saturated rings. The van der Waals surface area contributed by atoms with Gasteiger partial charge in [0.15, 0.2) is 4.80 Å². The molecule has 2 N–H and O–H groups in total. The molecule has 5 aromatic rings. The second kappa shape index (κ2) is 10.6. The summed E-state index contributed by atoms with van der Waals surface area (Å²) in [5.41, 5.74) is 4.72. The number of ether oxygens (including phenoxy) is 1. The van der Waals surface area contributed by atoms with Gasteiger partial charge >= 0.3 is 0 Å². The Kier molecular flexibility index (Phi) is 6.71.